The van der Waals surface area contributed by atoms with Crippen molar-refractivity contribution < 1.29 is 13.2 Å². The van der Waals surface area contributed by atoms with E-state index in [4.69, 9.17) is 5.41 Å². The van der Waals surface area contributed by atoms with E-state index in [9.17, 15) is 13.2 Å². The summed E-state index contributed by atoms with van der Waals surface area (Å²) in [7, 11) is 5.00. The van der Waals surface area contributed by atoms with E-state index < -0.39 is 17.6 Å². The highest BCUT2D eigenvalue weighted by Crippen LogP contribution is 2.25. The van der Waals surface area contributed by atoms with Gasteiger partial charge in [-0.1, -0.05) is 0 Å². The Morgan fingerprint density at radius 1 is 1.19 bits per heavy atom. The smallest absolute Gasteiger partial charge is 0.378 e. The Hall–Kier alpha value is -2.38. The first-order chi connectivity index (χ1) is 9.70. The van der Waals surface area contributed by atoms with Gasteiger partial charge in [0, 0.05) is 26.8 Å². The van der Waals surface area contributed by atoms with Crippen molar-refractivity contribution in [3.05, 3.63) is 24.3 Å². The number of anilines is 1. The molecule has 0 amide bonds. The van der Waals surface area contributed by atoms with Gasteiger partial charge in [0.2, 0.25) is 0 Å². The Kier molecular flexibility index (Phi) is 3.71. The van der Waals surface area contributed by atoms with Crippen LogP contribution in [0.4, 0.5) is 24.5 Å². The predicted octanol–water partition coefficient (Wildman–Crippen LogP) is 2.67. The highest BCUT2D eigenvalue weighted by Gasteiger charge is 2.45. The van der Waals surface area contributed by atoms with Crippen LogP contribution in [-0.2, 0) is 0 Å². The van der Waals surface area contributed by atoms with Crippen molar-refractivity contribution in [2.24, 2.45) is 10.1 Å². The summed E-state index contributed by atoms with van der Waals surface area (Å²) in [4.78, 5) is 5.78. The van der Waals surface area contributed by atoms with Crippen molar-refractivity contribution in [1.82, 2.24) is 5.01 Å². The van der Waals surface area contributed by atoms with Crippen molar-refractivity contribution >= 4 is 28.6 Å². The molecule has 0 spiro atoms. The van der Waals surface area contributed by atoms with Crippen LogP contribution in [0.5, 0.6) is 0 Å². The van der Waals surface area contributed by atoms with Gasteiger partial charge in [-0.2, -0.15) is 18.3 Å². The lowest BCUT2D eigenvalue weighted by Gasteiger charge is -2.12. The molecule has 0 aromatic heterocycles. The van der Waals surface area contributed by atoms with Gasteiger partial charge in [-0.25, -0.2) is 10.0 Å². The molecule has 1 aliphatic heterocycles. The quantitative estimate of drug-likeness (QED) is 0.912. The first-order valence-electron chi connectivity index (χ1n) is 6.05. The molecule has 0 saturated carbocycles. The molecule has 5 nitrogen and oxygen atoms in total. The van der Waals surface area contributed by atoms with E-state index in [0.29, 0.717) is 5.69 Å². The molecule has 2 rings (SSSR count). The van der Waals surface area contributed by atoms with Crippen LogP contribution >= 0.6 is 0 Å². The van der Waals surface area contributed by atoms with Crippen LogP contribution in [0.1, 0.15) is 0 Å². The second-order valence-electron chi connectivity index (χ2n) is 4.69. The molecule has 1 aliphatic rings. The normalized spacial score (nSPS) is 17.4. The molecule has 1 aromatic rings. The maximum absolute atomic E-state index is 12.9. The summed E-state index contributed by atoms with van der Waals surface area (Å²) in [5, 5.41) is 11.8. The van der Waals surface area contributed by atoms with Gasteiger partial charge in [-0.15, -0.1) is 0 Å². The van der Waals surface area contributed by atoms with Crippen LogP contribution in [0.15, 0.2) is 34.4 Å². The highest BCUT2D eigenvalue weighted by atomic mass is 19.4. The maximum Gasteiger partial charge on any atom is 0.437 e. The number of rotatable bonds is 2. The first-order valence-corrected chi connectivity index (χ1v) is 6.05. The molecule has 0 bridgehead atoms. The Balaban J connectivity index is 2.39. The van der Waals surface area contributed by atoms with Gasteiger partial charge in [-0.05, 0) is 24.3 Å². The second kappa shape index (κ2) is 5.19. The third-order valence-electron chi connectivity index (χ3n) is 2.90. The van der Waals surface area contributed by atoms with E-state index in [0.717, 1.165) is 10.7 Å². The third-order valence-corrected chi connectivity index (χ3v) is 2.90. The first kappa shape index (κ1) is 15.0. The van der Waals surface area contributed by atoms with E-state index in [1.807, 2.05) is 19.0 Å². The molecule has 1 aromatic carbocycles. The average Bonchev–Trinajstić information content (AvgIpc) is 2.67. The summed E-state index contributed by atoms with van der Waals surface area (Å²) >= 11 is 0. The van der Waals surface area contributed by atoms with E-state index in [1.165, 1.54) is 7.05 Å². The van der Waals surface area contributed by atoms with Crippen LogP contribution in [0.2, 0.25) is 0 Å². The van der Waals surface area contributed by atoms with E-state index >= 15 is 0 Å². The Bertz CT molecular complexity index is 614. The number of amidine groups is 1. The standard InChI is InChI=1S/C13H14F3N5/c1-20(2)9-6-4-8(5-7-9)18-10-11(13(14,15)16)19-21(3)12(10)17/h4-7,17H,1-3H3. The molecule has 0 aliphatic carbocycles. The topological polar surface area (TPSA) is 55.1 Å². The molecule has 1 N–H and O–H groups in total. The lowest BCUT2D eigenvalue weighted by atomic mass is 10.2. The molecule has 1 heterocycles. The lowest BCUT2D eigenvalue weighted by molar-refractivity contribution is -0.0570. The molecule has 0 unspecified atom stereocenters. The average molecular weight is 297 g/mol. The Morgan fingerprint density at radius 3 is 2.24 bits per heavy atom. The number of hydrogen-bond donors (Lipinski definition) is 1. The van der Waals surface area contributed by atoms with Crippen molar-refractivity contribution in [3.63, 3.8) is 0 Å². The fraction of sp³-hybridized carbons (Fsp3) is 0.308. The molecular weight excluding hydrogens is 283 g/mol. The number of hydrogen-bond acceptors (Lipinski definition) is 4. The van der Waals surface area contributed by atoms with Gasteiger partial charge >= 0.3 is 6.18 Å². The van der Waals surface area contributed by atoms with Crippen LogP contribution in [-0.4, -0.2) is 49.6 Å². The SMILES string of the molecule is CN1N=C(C(F)(F)F)C(=Nc2ccc(N(C)C)cc2)C1=N. The van der Waals surface area contributed by atoms with Crippen molar-refractivity contribution in [2.45, 2.75) is 6.18 Å². The molecule has 0 radical (unpaired) electrons. The monoisotopic (exact) mass is 297 g/mol. The lowest BCUT2D eigenvalue weighted by Crippen LogP contribution is -2.32. The van der Waals surface area contributed by atoms with Gasteiger partial charge in [0.25, 0.3) is 0 Å². The predicted molar refractivity (Wildman–Crippen MR) is 76.8 cm³/mol. The van der Waals surface area contributed by atoms with E-state index in [2.05, 4.69) is 10.1 Å². The fourth-order valence-electron chi connectivity index (χ4n) is 1.76. The van der Waals surface area contributed by atoms with E-state index in [-0.39, 0.29) is 5.84 Å². The Labute approximate surface area is 119 Å². The molecule has 8 heteroatoms. The summed E-state index contributed by atoms with van der Waals surface area (Å²) in [6.45, 7) is 0. The minimum absolute atomic E-state index is 0.340. The number of aliphatic imine (C=N–C) groups is 1. The summed E-state index contributed by atoms with van der Waals surface area (Å²) in [6.07, 6.45) is -4.64. The molecular formula is C13H14F3N5. The summed E-state index contributed by atoms with van der Waals surface area (Å²) in [6, 6.07) is 6.68. The number of alkyl halides is 3. The van der Waals surface area contributed by atoms with Crippen LogP contribution in [0.3, 0.4) is 0 Å². The van der Waals surface area contributed by atoms with Gasteiger partial charge in [0.15, 0.2) is 11.5 Å². The largest absolute Gasteiger partial charge is 0.437 e. The van der Waals surface area contributed by atoms with Crippen LogP contribution in [0, 0.1) is 5.41 Å². The third kappa shape index (κ3) is 3.04. The minimum Gasteiger partial charge on any atom is -0.378 e. The fourth-order valence-corrected chi connectivity index (χ4v) is 1.76. The molecule has 21 heavy (non-hydrogen) atoms. The Morgan fingerprint density at radius 2 is 1.76 bits per heavy atom. The summed E-state index contributed by atoms with van der Waals surface area (Å²) in [5.41, 5.74) is -0.371. The zero-order valence-electron chi connectivity index (χ0n) is 11.7. The van der Waals surface area contributed by atoms with Crippen LogP contribution < -0.4 is 4.90 Å². The minimum atomic E-state index is -4.64. The van der Waals surface area contributed by atoms with Gasteiger partial charge < -0.3 is 4.90 Å². The number of hydrazone groups is 1. The molecule has 0 fully saturated rings. The van der Waals surface area contributed by atoms with E-state index in [1.54, 1.807) is 24.3 Å². The van der Waals surface area contributed by atoms with Crippen molar-refractivity contribution in [2.75, 3.05) is 26.0 Å². The van der Waals surface area contributed by atoms with Gasteiger partial charge in [-0.3, -0.25) is 5.41 Å². The summed E-state index contributed by atoms with van der Waals surface area (Å²) < 4.78 is 38.7. The number of halogens is 3. The molecule has 112 valence electrons. The zero-order chi connectivity index (χ0) is 15.8. The maximum atomic E-state index is 12.9. The zero-order valence-corrected chi connectivity index (χ0v) is 11.7. The summed E-state index contributed by atoms with van der Waals surface area (Å²) in [5.74, 6) is -0.376. The number of benzene rings is 1. The van der Waals surface area contributed by atoms with Crippen molar-refractivity contribution in [1.29, 1.82) is 5.41 Å². The van der Waals surface area contributed by atoms with Gasteiger partial charge in [0.1, 0.15) is 5.71 Å². The second-order valence-corrected chi connectivity index (χ2v) is 4.69. The highest BCUT2D eigenvalue weighted by molar-refractivity contribution is 6.70. The van der Waals surface area contributed by atoms with Crippen molar-refractivity contribution in [3.8, 4) is 0 Å². The van der Waals surface area contributed by atoms with Crippen LogP contribution in [0.25, 0.3) is 0 Å². The number of nitrogens with zero attached hydrogens (tertiary/aromatic N) is 4. The molecule has 0 saturated heterocycles. The molecule has 0 atom stereocenters. The number of nitrogens with one attached hydrogen (secondary N) is 1. The van der Waals surface area contributed by atoms with Gasteiger partial charge in [0.05, 0.1) is 5.69 Å².